The first kappa shape index (κ1) is 29.4. The number of imidazole rings is 1. The number of rotatable bonds is 10. The lowest BCUT2D eigenvalue weighted by Gasteiger charge is -2.13. The molecule has 1 amide bonds. The number of amides is 1. The number of nitrogens with one attached hydrogen (secondary N) is 3. The Morgan fingerprint density at radius 1 is 1.17 bits per heavy atom. The molecule has 3 N–H and O–H groups in total. The number of aryl methyl sites for hydroxylation is 1. The molecule has 5 rings (SSSR count). The van der Waals surface area contributed by atoms with Crippen molar-refractivity contribution in [3.8, 4) is 22.6 Å². The van der Waals surface area contributed by atoms with Crippen molar-refractivity contribution in [1.82, 2.24) is 25.3 Å². The summed E-state index contributed by atoms with van der Waals surface area (Å²) >= 11 is 6.34. The Bertz CT molecular complexity index is 1730. The van der Waals surface area contributed by atoms with Crippen LogP contribution in [-0.4, -0.2) is 47.6 Å². The number of alkyl carbamates (subject to hydrolysis) is 1. The molecule has 2 heterocycles. The van der Waals surface area contributed by atoms with Gasteiger partial charge in [-0.2, -0.15) is 0 Å². The van der Waals surface area contributed by atoms with E-state index >= 15 is 4.39 Å². The third-order valence-corrected chi connectivity index (χ3v) is 8.26. The van der Waals surface area contributed by atoms with E-state index in [9.17, 15) is 17.6 Å². The van der Waals surface area contributed by atoms with Gasteiger partial charge in [-0.1, -0.05) is 11.6 Å². The molecule has 1 aliphatic rings. The van der Waals surface area contributed by atoms with Gasteiger partial charge in [-0.3, -0.25) is 4.72 Å². The molecule has 4 aromatic rings. The van der Waals surface area contributed by atoms with Gasteiger partial charge in [0.1, 0.15) is 23.2 Å². The summed E-state index contributed by atoms with van der Waals surface area (Å²) in [4.78, 5) is 28.2. The van der Waals surface area contributed by atoms with Gasteiger partial charge >= 0.3 is 6.09 Å². The molecule has 42 heavy (non-hydrogen) atoms. The lowest BCUT2D eigenvalue weighted by molar-refractivity contribution is 0.167. The standard InChI is InChI=1S/C28H27ClF2N6O4S/c1-15(33-28(38)41-2)3-10-23-32-12-11-21(34-23)26-25(35-27(36-26)16-4-5-16)20-13-17(29)14-22(24(20)31)37-42(39,40)19-8-6-18(30)7-9-19/h6-9,11-16,37H,3-5,10H2,1-2H3,(H,33,38)(H,35,36)/t15-/m0/s1. The number of methoxy groups -OCH3 is 1. The third-order valence-electron chi connectivity index (χ3n) is 6.66. The topological polar surface area (TPSA) is 139 Å². The number of anilines is 1. The molecule has 0 saturated heterocycles. The van der Waals surface area contributed by atoms with Gasteiger partial charge < -0.3 is 15.0 Å². The van der Waals surface area contributed by atoms with Crippen LogP contribution in [0.1, 0.15) is 43.8 Å². The van der Waals surface area contributed by atoms with Crippen LogP contribution in [0.4, 0.5) is 19.3 Å². The van der Waals surface area contributed by atoms with Gasteiger partial charge in [0, 0.05) is 35.2 Å². The summed E-state index contributed by atoms with van der Waals surface area (Å²) in [6.45, 7) is 1.83. The fourth-order valence-corrected chi connectivity index (χ4v) is 5.58. The number of ether oxygens (including phenoxy) is 1. The van der Waals surface area contributed by atoms with Crippen molar-refractivity contribution in [3.05, 3.63) is 77.0 Å². The zero-order chi connectivity index (χ0) is 30.0. The molecule has 10 nitrogen and oxygen atoms in total. The minimum atomic E-state index is -4.26. The number of hydrogen-bond donors (Lipinski definition) is 3. The van der Waals surface area contributed by atoms with Crippen molar-refractivity contribution < 1.29 is 26.7 Å². The highest BCUT2D eigenvalue weighted by molar-refractivity contribution is 7.92. The van der Waals surface area contributed by atoms with Gasteiger partial charge in [-0.15, -0.1) is 0 Å². The molecule has 0 unspecified atom stereocenters. The number of aromatic amines is 1. The average Bonchev–Trinajstić information content (AvgIpc) is 3.72. The number of aromatic nitrogens is 4. The summed E-state index contributed by atoms with van der Waals surface area (Å²) < 4.78 is 62.0. The Kier molecular flexibility index (Phi) is 8.41. The van der Waals surface area contributed by atoms with Crippen molar-refractivity contribution in [2.75, 3.05) is 11.8 Å². The molecule has 2 aromatic carbocycles. The third kappa shape index (κ3) is 6.68. The molecule has 1 saturated carbocycles. The number of sulfonamides is 1. The van der Waals surface area contributed by atoms with Gasteiger partial charge in [0.2, 0.25) is 0 Å². The van der Waals surface area contributed by atoms with Crippen molar-refractivity contribution in [2.24, 2.45) is 0 Å². The number of hydrogen-bond acceptors (Lipinski definition) is 7. The first-order chi connectivity index (χ1) is 20.0. The molecule has 1 fully saturated rings. The monoisotopic (exact) mass is 616 g/mol. The highest BCUT2D eigenvalue weighted by Gasteiger charge is 2.30. The van der Waals surface area contributed by atoms with Gasteiger partial charge in [0.25, 0.3) is 10.0 Å². The molecule has 2 aromatic heterocycles. The molecule has 0 bridgehead atoms. The number of halogens is 3. The Balaban J connectivity index is 1.49. The number of carbonyl (C=O) groups is 1. The molecule has 0 spiro atoms. The van der Waals surface area contributed by atoms with E-state index in [0.717, 1.165) is 43.2 Å². The molecular weight excluding hydrogens is 590 g/mol. The molecule has 0 radical (unpaired) electrons. The summed E-state index contributed by atoms with van der Waals surface area (Å²) in [6, 6.07) is 8.14. The zero-order valence-corrected chi connectivity index (χ0v) is 24.2. The van der Waals surface area contributed by atoms with Crippen molar-refractivity contribution >= 4 is 33.4 Å². The van der Waals surface area contributed by atoms with Crippen LogP contribution in [0, 0.1) is 11.6 Å². The number of nitrogens with zero attached hydrogens (tertiary/aromatic N) is 3. The number of benzene rings is 2. The SMILES string of the molecule is COC(=O)N[C@@H](C)CCc1nccc(-c2[nH]c(C3CC3)nc2-c2cc(Cl)cc(NS(=O)(=O)c3ccc(F)cc3)c2F)n1. The maximum Gasteiger partial charge on any atom is 0.407 e. The minimum absolute atomic E-state index is 0.0338. The predicted molar refractivity (Wildman–Crippen MR) is 153 cm³/mol. The normalized spacial score (nSPS) is 13.9. The van der Waals surface area contributed by atoms with Crippen LogP contribution in [0.15, 0.2) is 53.6 Å². The Labute approximate surface area is 246 Å². The zero-order valence-electron chi connectivity index (χ0n) is 22.6. The van der Waals surface area contributed by atoms with E-state index in [1.54, 1.807) is 12.3 Å². The van der Waals surface area contributed by atoms with Crippen molar-refractivity contribution in [3.63, 3.8) is 0 Å². The van der Waals surface area contributed by atoms with E-state index in [4.69, 9.17) is 11.6 Å². The van der Waals surface area contributed by atoms with E-state index in [-0.39, 0.29) is 38.8 Å². The van der Waals surface area contributed by atoms with Crippen LogP contribution in [0.5, 0.6) is 0 Å². The Morgan fingerprint density at radius 2 is 1.90 bits per heavy atom. The van der Waals surface area contributed by atoms with Gasteiger partial charge in [-0.05, 0) is 68.7 Å². The first-order valence-electron chi connectivity index (χ1n) is 13.1. The van der Waals surface area contributed by atoms with Crippen LogP contribution in [0.3, 0.4) is 0 Å². The Hall–Kier alpha value is -4.10. The smallest absolute Gasteiger partial charge is 0.407 e. The summed E-state index contributed by atoms with van der Waals surface area (Å²) in [5.74, 6) is -0.161. The Morgan fingerprint density at radius 3 is 2.60 bits per heavy atom. The van der Waals surface area contributed by atoms with E-state index in [2.05, 4.69) is 34.7 Å². The summed E-state index contributed by atoms with van der Waals surface area (Å²) in [5, 5.41) is 2.76. The van der Waals surface area contributed by atoms with Crippen LogP contribution in [0.2, 0.25) is 5.02 Å². The van der Waals surface area contributed by atoms with Gasteiger partial charge in [0.15, 0.2) is 5.82 Å². The fraction of sp³-hybridized carbons (Fsp3) is 0.286. The quantitative estimate of drug-likeness (QED) is 0.204. The van der Waals surface area contributed by atoms with E-state index in [1.807, 2.05) is 6.92 Å². The van der Waals surface area contributed by atoms with Crippen molar-refractivity contribution in [2.45, 2.75) is 49.5 Å². The highest BCUT2D eigenvalue weighted by atomic mass is 35.5. The largest absolute Gasteiger partial charge is 0.453 e. The first-order valence-corrected chi connectivity index (χ1v) is 14.9. The van der Waals surface area contributed by atoms with Crippen LogP contribution in [-0.2, 0) is 21.2 Å². The summed E-state index contributed by atoms with van der Waals surface area (Å²) in [7, 11) is -2.97. The van der Waals surface area contributed by atoms with Crippen LogP contribution in [0.25, 0.3) is 22.6 Å². The molecular formula is C28H27ClF2N6O4S. The van der Waals surface area contributed by atoms with Crippen molar-refractivity contribution in [1.29, 1.82) is 0 Å². The summed E-state index contributed by atoms with van der Waals surface area (Å²) in [5.41, 5.74) is 0.669. The van der Waals surface area contributed by atoms with E-state index in [1.165, 1.54) is 13.2 Å². The highest BCUT2D eigenvalue weighted by Crippen LogP contribution is 2.43. The second-order valence-corrected chi connectivity index (χ2v) is 12.0. The van der Waals surface area contributed by atoms with E-state index < -0.39 is 27.8 Å². The lowest BCUT2D eigenvalue weighted by atomic mass is 10.1. The fourth-order valence-electron chi connectivity index (χ4n) is 4.31. The van der Waals surface area contributed by atoms with Crippen LogP contribution >= 0.6 is 11.6 Å². The van der Waals surface area contributed by atoms with Crippen LogP contribution < -0.4 is 10.0 Å². The maximum atomic E-state index is 16.0. The second-order valence-electron chi connectivity index (χ2n) is 9.93. The molecule has 0 aliphatic heterocycles. The number of carbonyl (C=O) groups excluding carboxylic acids is 1. The number of H-pyrrole nitrogens is 1. The molecule has 1 aliphatic carbocycles. The van der Waals surface area contributed by atoms with Gasteiger partial charge in [0.05, 0.1) is 29.1 Å². The van der Waals surface area contributed by atoms with E-state index in [0.29, 0.717) is 35.9 Å². The molecule has 220 valence electrons. The lowest BCUT2D eigenvalue weighted by Crippen LogP contribution is -2.32. The average molecular weight is 617 g/mol. The molecule has 1 atom stereocenters. The van der Waals surface area contributed by atoms with Gasteiger partial charge in [-0.25, -0.2) is 36.9 Å². The predicted octanol–water partition coefficient (Wildman–Crippen LogP) is 5.82. The molecule has 14 heteroatoms. The minimum Gasteiger partial charge on any atom is -0.453 e. The second kappa shape index (κ2) is 12.0. The summed E-state index contributed by atoms with van der Waals surface area (Å²) in [6.07, 6.45) is 3.88. The maximum absolute atomic E-state index is 16.0.